The highest BCUT2D eigenvalue weighted by Gasteiger charge is 2.04. The number of nitrogens with zero attached hydrogens (tertiary/aromatic N) is 3. The second kappa shape index (κ2) is 3.49. The topological polar surface area (TPSA) is 75.3 Å². The van der Waals surface area contributed by atoms with Crippen molar-refractivity contribution in [2.45, 2.75) is 0 Å². The Labute approximate surface area is 68.6 Å². The highest BCUT2D eigenvalue weighted by Crippen LogP contribution is 2.15. The van der Waals surface area contributed by atoms with E-state index >= 15 is 0 Å². The highest BCUT2D eigenvalue weighted by molar-refractivity contribution is 7.09. The van der Waals surface area contributed by atoms with Crippen LogP contribution in [0.2, 0.25) is 0 Å². The third kappa shape index (κ3) is 2.02. The molecule has 1 rings (SSSR count). The zero-order chi connectivity index (χ0) is 8.27. The summed E-state index contributed by atoms with van der Waals surface area (Å²) in [6.45, 7) is 0.657. The Bertz CT molecular complexity index is 226. The van der Waals surface area contributed by atoms with Crippen molar-refractivity contribution in [2.24, 2.45) is 0 Å². The first-order chi connectivity index (χ1) is 5.24. The molecule has 11 heavy (non-hydrogen) atoms. The summed E-state index contributed by atoms with van der Waals surface area (Å²) in [7, 11) is 1.83. The van der Waals surface area contributed by atoms with Crippen LogP contribution in [-0.4, -0.2) is 34.7 Å². The molecule has 3 N–H and O–H groups in total. The Kier molecular flexibility index (Phi) is 2.61. The zero-order valence-electron chi connectivity index (χ0n) is 6.19. The lowest BCUT2D eigenvalue weighted by atomic mass is 10.6. The molecule has 1 aromatic heterocycles. The van der Waals surface area contributed by atoms with Crippen LogP contribution in [0.3, 0.4) is 0 Å². The van der Waals surface area contributed by atoms with Gasteiger partial charge in [-0.25, -0.2) is 0 Å². The predicted molar refractivity (Wildman–Crippen MR) is 44.7 cm³/mol. The molecule has 0 unspecified atom stereocenters. The summed E-state index contributed by atoms with van der Waals surface area (Å²) >= 11 is 1.23. The highest BCUT2D eigenvalue weighted by atomic mass is 32.1. The minimum absolute atomic E-state index is 0.107. The minimum Gasteiger partial charge on any atom is -0.395 e. The monoisotopic (exact) mass is 174 g/mol. The van der Waals surface area contributed by atoms with E-state index in [4.69, 9.17) is 10.8 Å². The summed E-state index contributed by atoms with van der Waals surface area (Å²) < 4.78 is 3.80. The lowest BCUT2D eigenvalue weighted by molar-refractivity contribution is 0.304. The fourth-order valence-electron chi connectivity index (χ4n) is 0.627. The molecule has 0 atom stereocenters. The summed E-state index contributed by atoms with van der Waals surface area (Å²) in [4.78, 5) is 5.73. The van der Waals surface area contributed by atoms with Crippen LogP contribution in [0.1, 0.15) is 0 Å². The molecule has 0 fully saturated rings. The Hall–Kier alpha value is -0.880. The fraction of sp³-hybridized carbons (Fsp3) is 0.600. The van der Waals surface area contributed by atoms with E-state index in [-0.39, 0.29) is 12.6 Å². The van der Waals surface area contributed by atoms with Gasteiger partial charge in [-0.15, -0.1) is 0 Å². The second-order valence-electron chi connectivity index (χ2n) is 2.08. The standard InChI is InChI=1S/C5H10N4OS/c1-9(2-3-10)5-7-4(6)8-11-5/h10H,2-3H2,1H3,(H2,6,8). The van der Waals surface area contributed by atoms with Crippen LogP contribution < -0.4 is 10.6 Å². The Morgan fingerprint density at radius 2 is 2.45 bits per heavy atom. The number of likely N-dealkylation sites (N-methyl/N-ethyl adjacent to an activating group) is 1. The van der Waals surface area contributed by atoms with E-state index in [1.807, 2.05) is 7.05 Å². The van der Waals surface area contributed by atoms with Crippen molar-refractivity contribution in [1.82, 2.24) is 9.36 Å². The van der Waals surface area contributed by atoms with Crippen molar-refractivity contribution in [3.63, 3.8) is 0 Å². The van der Waals surface area contributed by atoms with E-state index < -0.39 is 0 Å². The first kappa shape index (κ1) is 8.22. The van der Waals surface area contributed by atoms with Gasteiger partial charge in [-0.1, -0.05) is 0 Å². The number of aliphatic hydroxyl groups excluding tert-OH is 1. The predicted octanol–water partition coefficient (Wildman–Crippen LogP) is -0.451. The number of anilines is 2. The molecule has 0 aliphatic heterocycles. The molecule has 0 saturated heterocycles. The summed E-state index contributed by atoms with van der Waals surface area (Å²) in [6.07, 6.45) is 0. The molecular formula is C5H10N4OS. The molecule has 6 heteroatoms. The number of aliphatic hydroxyl groups is 1. The van der Waals surface area contributed by atoms with Crippen molar-refractivity contribution >= 4 is 22.6 Å². The molecule has 0 radical (unpaired) electrons. The van der Waals surface area contributed by atoms with Gasteiger partial charge >= 0.3 is 0 Å². The normalized spacial score (nSPS) is 10.0. The first-order valence-electron chi connectivity index (χ1n) is 3.15. The van der Waals surface area contributed by atoms with Gasteiger partial charge in [0.1, 0.15) is 0 Å². The SMILES string of the molecule is CN(CCO)c1nc(N)ns1. The second-order valence-corrected chi connectivity index (χ2v) is 2.81. The zero-order valence-corrected chi connectivity index (χ0v) is 7.01. The van der Waals surface area contributed by atoms with Crippen molar-refractivity contribution in [2.75, 3.05) is 30.8 Å². The number of nitrogen functional groups attached to an aromatic ring is 1. The molecular weight excluding hydrogens is 164 g/mol. The van der Waals surface area contributed by atoms with Crippen LogP contribution in [0.25, 0.3) is 0 Å². The molecule has 0 aliphatic rings. The average molecular weight is 174 g/mol. The molecule has 0 aliphatic carbocycles. The first-order valence-corrected chi connectivity index (χ1v) is 3.92. The van der Waals surface area contributed by atoms with Gasteiger partial charge in [-0.2, -0.15) is 9.36 Å². The van der Waals surface area contributed by atoms with Gasteiger partial charge in [0.15, 0.2) is 0 Å². The number of aromatic nitrogens is 2. The van der Waals surface area contributed by atoms with E-state index in [0.29, 0.717) is 6.54 Å². The smallest absolute Gasteiger partial charge is 0.233 e. The van der Waals surface area contributed by atoms with Crippen LogP contribution in [0.15, 0.2) is 0 Å². The summed E-state index contributed by atoms with van der Waals surface area (Å²) in [5.74, 6) is 0.287. The van der Waals surface area contributed by atoms with Crippen molar-refractivity contribution < 1.29 is 5.11 Å². The summed E-state index contributed by atoms with van der Waals surface area (Å²) in [6, 6.07) is 0. The van der Waals surface area contributed by atoms with Crippen LogP contribution in [0.4, 0.5) is 11.1 Å². The van der Waals surface area contributed by atoms with Crippen LogP contribution in [0, 0.1) is 0 Å². The van der Waals surface area contributed by atoms with Crippen molar-refractivity contribution in [1.29, 1.82) is 0 Å². The van der Waals surface area contributed by atoms with Crippen LogP contribution in [-0.2, 0) is 0 Å². The van der Waals surface area contributed by atoms with Crippen molar-refractivity contribution in [3.8, 4) is 0 Å². The van der Waals surface area contributed by atoms with Gasteiger partial charge < -0.3 is 15.7 Å². The third-order valence-corrected chi connectivity index (χ3v) is 2.04. The largest absolute Gasteiger partial charge is 0.395 e. The van der Waals surface area contributed by atoms with E-state index in [2.05, 4.69) is 9.36 Å². The van der Waals surface area contributed by atoms with Gasteiger partial charge in [-0.05, 0) is 0 Å². The number of rotatable bonds is 3. The van der Waals surface area contributed by atoms with Gasteiger partial charge in [0.25, 0.3) is 0 Å². The molecule has 0 bridgehead atoms. The lowest BCUT2D eigenvalue weighted by Gasteiger charge is -2.11. The van der Waals surface area contributed by atoms with Crippen molar-refractivity contribution in [3.05, 3.63) is 0 Å². The summed E-state index contributed by atoms with van der Waals surface area (Å²) in [5, 5.41) is 9.32. The molecule has 1 aromatic rings. The molecule has 0 saturated carbocycles. The summed E-state index contributed by atoms with van der Waals surface area (Å²) in [5.41, 5.74) is 5.31. The molecule has 62 valence electrons. The Morgan fingerprint density at radius 1 is 1.73 bits per heavy atom. The Morgan fingerprint density at radius 3 is 2.91 bits per heavy atom. The Balaban J connectivity index is 2.60. The third-order valence-electron chi connectivity index (χ3n) is 1.19. The maximum Gasteiger partial charge on any atom is 0.233 e. The van der Waals surface area contributed by atoms with Gasteiger partial charge in [0, 0.05) is 25.1 Å². The van der Waals surface area contributed by atoms with Gasteiger partial charge in [0.05, 0.1) is 6.61 Å². The van der Waals surface area contributed by atoms with Gasteiger partial charge in [-0.3, -0.25) is 0 Å². The molecule has 5 nitrogen and oxygen atoms in total. The van der Waals surface area contributed by atoms with E-state index in [1.165, 1.54) is 11.5 Å². The molecule has 0 amide bonds. The molecule has 1 heterocycles. The maximum atomic E-state index is 8.59. The fourth-order valence-corrected chi connectivity index (χ4v) is 1.21. The van der Waals surface area contributed by atoms with Gasteiger partial charge in [0.2, 0.25) is 11.1 Å². The molecule has 0 spiro atoms. The minimum atomic E-state index is 0.107. The number of nitrogens with two attached hydrogens (primary N) is 1. The van der Waals surface area contributed by atoms with Crippen LogP contribution >= 0.6 is 11.5 Å². The lowest BCUT2D eigenvalue weighted by Crippen LogP contribution is -2.20. The van der Waals surface area contributed by atoms with E-state index in [9.17, 15) is 0 Å². The number of hydrogen-bond acceptors (Lipinski definition) is 6. The maximum absolute atomic E-state index is 8.59. The van der Waals surface area contributed by atoms with E-state index in [1.54, 1.807) is 4.90 Å². The number of hydrogen-bond donors (Lipinski definition) is 2. The average Bonchev–Trinajstić information content (AvgIpc) is 2.36. The molecule has 0 aromatic carbocycles. The quantitative estimate of drug-likeness (QED) is 0.649. The van der Waals surface area contributed by atoms with E-state index in [0.717, 1.165) is 5.13 Å². The van der Waals surface area contributed by atoms with Crippen LogP contribution in [0.5, 0.6) is 0 Å².